The molecule has 1 aliphatic rings. The van der Waals surface area contributed by atoms with Gasteiger partial charge in [0, 0.05) is 10.8 Å². The summed E-state index contributed by atoms with van der Waals surface area (Å²) < 4.78 is 17.1. The van der Waals surface area contributed by atoms with Gasteiger partial charge in [-0.05, 0) is 47.1 Å². The fraction of sp³-hybridized carbons (Fsp3) is 0. The lowest BCUT2D eigenvalue weighted by Crippen LogP contribution is -1.97. The lowest BCUT2D eigenvalue weighted by Gasteiger charge is -1.94. The summed E-state index contributed by atoms with van der Waals surface area (Å²) in [7, 11) is -1.74. The van der Waals surface area contributed by atoms with Gasteiger partial charge in [-0.2, -0.15) is 0 Å². The Labute approximate surface area is 132 Å². The summed E-state index contributed by atoms with van der Waals surface area (Å²) in [6.07, 6.45) is 5.01. The van der Waals surface area contributed by atoms with Gasteiger partial charge in [-0.1, -0.05) is 30.3 Å². The number of benzene rings is 2. The van der Waals surface area contributed by atoms with Crippen LogP contribution in [0.1, 0.15) is 0 Å². The Morgan fingerprint density at radius 3 is 1.87 bits per heavy atom. The molecule has 0 N–H and O–H groups in total. The molecule has 3 aromatic rings. The van der Waals surface area contributed by atoms with Crippen molar-refractivity contribution in [2.45, 2.75) is 0 Å². The van der Waals surface area contributed by atoms with Crippen molar-refractivity contribution in [3.05, 3.63) is 72.8 Å². The summed E-state index contributed by atoms with van der Waals surface area (Å²) >= 11 is 0. The molecular weight excluding hydrogens is 311 g/mol. The van der Waals surface area contributed by atoms with Crippen LogP contribution in [0.3, 0.4) is 0 Å². The third kappa shape index (κ3) is 3.33. The van der Waals surface area contributed by atoms with E-state index in [2.05, 4.69) is 0 Å². The standard InChI is InChI=1S/C12H8O2P.C6H4O2/c13-15-12-8-4-2-6-10(12)9-5-1-3-7-11(9)14-15;7-5-1-2-6(8)4-3-5/h1-8H;1-4H/q+1;. The molecule has 0 radical (unpaired) electrons. The molecule has 4 rings (SSSR count). The average Bonchev–Trinajstić information content (AvgIpc) is 2.59. The number of rotatable bonds is 0. The first-order chi connectivity index (χ1) is 11.1. The minimum Gasteiger partial charge on any atom is -0.290 e. The molecule has 0 bridgehead atoms. The Morgan fingerprint density at radius 2 is 1.22 bits per heavy atom. The number of hydrogen-bond acceptors (Lipinski definition) is 4. The molecule has 2 aromatic carbocycles. The highest BCUT2D eigenvalue weighted by Gasteiger charge is 2.14. The molecule has 0 saturated carbocycles. The Hall–Kier alpha value is -2.84. The van der Waals surface area contributed by atoms with Crippen molar-refractivity contribution in [2.75, 3.05) is 0 Å². The SMILES string of the molecule is O=C1C=CC(=O)C=C1.O=[p+]1oc2ccccc2c2ccccc21. The van der Waals surface area contributed by atoms with E-state index in [1.165, 1.54) is 24.3 Å². The highest BCUT2D eigenvalue weighted by Crippen LogP contribution is 2.34. The average molecular weight is 323 g/mol. The second-order valence-electron chi connectivity index (χ2n) is 4.83. The number of allylic oxidation sites excluding steroid dienone is 4. The van der Waals surface area contributed by atoms with Crippen LogP contribution >= 0.6 is 7.65 Å². The van der Waals surface area contributed by atoms with E-state index in [1.54, 1.807) is 0 Å². The van der Waals surface area contributed by atoms with Crippen LogP contribution in [-0.2, 0) is 14.2 Å². The Kier molecular flexibility index (Phi) is 4.26. The van der Waals surface area contributed by atoms with Crippen LogP contribution in [0.25, 0.3) is 21.5 Å². The molecule has 23 heavy (non-hydrogen) atoms. The van der Waals surface area contributed by atoms with E-state index < -0.39 is 7.65 Å². The molecule has 0 saturated heterocycles. The quantitative estimate of drug-likeness (QED) is 0.449. The molecular formula is C18H12O4P+. The summed E-state index contributed by atoms with van der Waals surface area (Å²) in [5.74, 6) is -0.241. The van der Waals surface area contributed by atoms with Crippen molar-refractivity contribution in [2.24, 2.45) is 0 Å². The predicted molar refractivity (Wildman–Crippen MR) is 89.6 cm³/mol. The molecule has 0 amide bonds. The van der Waals surface area contributed by atoms with E-state index in [-0.39, 0.29) is 11.6 Å². The summed E-state index contributed by atoms with van der Waals surface area (Å²) in [6.45, 7) is 0. The van der Waals surface area contributed by atoms with Crippen LogP contribution in [0.2, 0.25) is 0 Å². The molecule has 5 heteroatoms. The summed E-state index contributed by atoms with van der Waals surface area (Å²) in [6, 6.07) is 15.3. The molecule has 0 fully saturated rings. The zero-order chi connectivity index (χ0) is 16.2. The van der Waals surface area contributed by atoms with Crippen LogP contribution in [0.4, 0.5) is 0 Å². The molecule has 1 heterocycles. The van der Waals surface area contributed by atoms with Crippen LogP contribution in [0.5, 0.6) is 0 Å². The summed E-state index contributed by atoms with van der Waals surface area (Å²) in [5, 5.41) is 2.81. The maximum absolute atomic E-state index is 11.8. The minimum absolute atomic E-state index is 0.121. The monoisotopic (exact) mass is 323 g/mol. The van der Waals surface area contributed by atoms with Crippen molar-refractivity contribution < 1.29 is 18.4 Å². The number of hydrogen-bond donors (Lipinski definition) is 0. The van der Waals surface area contributed by atoms with Gasteiger partial charge in [0.15, 0.2) is 17.1 Å². The van der Waals surface area contributed by atoms with Gasteiger partial charge in [-0.25, -0.2) is 4.20 Å². The van der Waals surface area contributed by atoms with E-state index in [0.717, 1.165) is 15.9 Å². The lowest BCUT2D eigenvalue weighted by molar-refractivity contribution is -0.113. The number of para-hydroxylation sites is 1. The Morgan fingerprint density at radius 1 is 0.696 bits per heavy atom. The number of carbonyl (C=O) groups excluding carboxylic acids is 2. The van der Waals surface area contributed by atoms with E-state index in [9.17, 15) is 14.2 Å². The summed E-state index contributed by atoms with van der Waals surface area (Å²) in [4.78, 5) is 20.6. The highest BCUT2D eigenvalue weighted by atomic mass is 31.1. The van der Waals surface area contributed by atoms with Gasteiger partial charge in [0.1, 0.15) is 0 Å². The van der Waals surface area contributed by atoms with Crippen molar-refractivity contribution in [1.29, 1.82) is 0 Å². The van der Waals surface area contributed by atoms with E-state index in [1.807, 2.05) is 48.5 Å². The van der Waals surface area contributed by atoms with Crippen molar-refractivity contribution in [3.63, 3.8) is 0 Å². The molecule has 0 spiro atoms. The second kappa shape index (κ2) is 6.51. The topological polar surface area (TPSA) is 64.3 Å². The van der Waals surface area contributed by atoms with E-state index in [4.69, 9.17) is 4.20 Å². The number of fused-ring (bicyclic) bond motifs is 3. The first kappa shape index (κ1) is 15.1. The third-order valence-electron chi connectivity index (χ3n) is 3.28. The van der Waals surface area contributed by atoms with Gasteiger partial charge >= 0.3 is 7.65 Å². The maximum Gasteiger partial charge on any atom is 0.597 e. The largest absolute Gasteiger partial charge is 0.597 e. The molecule has 4 nitrogen and oxygen atoms in total. The van der Waals surface area contributed by atoms with Crippen LogP contribution < -0.4 is 0 Å². The van der Waals surface area contributed by atoms with Crippen molar-refractivity contribution >= 4 is 40.7 Å². The Bertz CT molecular complexity index is 990. The first-order valence-corrected chi connectivity index (χ1v) is 8.10. The van der Waals surface area contributed by atoms with Crippen LogP contribution in [-0.4, -0.2) is 11.6 Å². The maximum atomic E-state index is 11.8. The number of ketones is 2. The van der Waals surface area contributed by atoms with Crippen molar-refractivity contribution in [3.8, 4) is 0 Å². The predicted octanol–water partition coefficient (Wildman–Crippen LogP) is 4.58. The van der Waals surface area contributed by atoms with Gasteiger partial charge in [0.05, 0.1) is 0 Å². The Balaban J connectivity index is 0.000000166. The fourth-order valence-electron chi connectivity index (χ4n) is 2.21. The first-order valence-electron chi connectivity index (χ1n) is 6.93. The third-order valence-corrected chi connectivity index (χ3v) is 4.43. The van der Waals surface area contributed by atoms with Gasteiger partial charge in [0.25, 0.3) is 0 Å². The van der Waals surface area contributed by atoms with Gasteiger partial charge < -0.3 is 0 Å². The molecule has 1 aliphatic carbocycles. The van der Waals surface area contributed by atoms with Crippen LogP contribution in [0.15, 0.2) is 77.0 Å². The van der Waals surface area contributed by atoms with Crippen molar-refractivity contribution in [1.82, 2.24) is 0 Å². The normalized spacial score (nSPS) is 14.0. The number of carbonyl (C=O) groups is 2. The van der Waals surface area contributed by atoms with Gasteiger partial charge in [0.2, 0.25) is 5.12 Å². The zero-order valence-corrected chi connectivity index (χ0v) is 12.9. The fourth-order valence-corrected chi connectivity index (χ4v) is 3.24. The molecule has 1 atom stereocenters. The molecule has 1 aromatic heterocycles. The summed E-state index contributed by atoms with van der Waals surface area (Å²) in [5.41, 5.74) is 0.706. The molecule has 0 aliphatic heterocycles. The van der Waals surface area contributed by atoms with Gasteiger partial charge in [-0.3, -0.25) is 9.59 Å². The second-order valence-corrected chi connectivity index (χ2v) is 6.01. The van der Waals surface area contributed by atoms with Gasteiger partial charge in [-0.15, -0.1) is 0 Å². The van der Waals surface area contributed by atoms with E-state index >= 15 is 0 Å². The lowest BCUT2D eigenvalue weighted by atomic mass is 10.1. The smallest absolute Gasteiger partial charge is 0.290 e. The van der Waals surface area contributed by atoms with Crippen LogP contribution in [0, 0.1) is 0 Å². The molecule has 112 valence electrons. The highest BCUT2D eigenvalue weighted by molar-refractivity contribution is 7.37. The zero-order valence-electron chi connectivity index (χ0n) is 12.0. The van der Waals surface area contributed by atoms with E-state index in [0.29, 0.717) is 5.58 Å². The molecule has 1 unspecified atom stereocenters. The minimum atomic E-state index is -1.74.